The van der Waals surface area contributed by atoms with Crippen LogP contribution in [0.2, 0.25) is 0 Å². The lowest BCUT2D eigenvalue weighted by atomic mass is 10.1. The van der Waals surface area contributed by atoms with Gasteiger partial charge >= 0.3 is 0 Å². The number of anilines is 1. The van der Waals surface area contributed by atoms with Crippen molar-refractivity contribution in [3.63, 3.8) is 0 Å². The van der Waals surface area contributed by atoms with Gasteiger partial charge in [0.1, 0.15) is 5.75 Å². The number of methoxy groups -OCH3 is 1. The minimum atomic E-state index is 0.691. The molecule has 1 aromatic carbocycles. The fourth-order valence-electron chi connectivity index (χ4n) is 2.70. The van der Waals surface area contributed by atoms with Crippen LogP contribution in [0.3, 0.4) is 0 Å². The van der Waals surface area contributed by atoms with Crippen molar-refractivity contribution >= 4 is 5.69 Å². The van der Waals surface area contributed by atoms with Crippen LogP contribution in [0.4, 0.5) is 5.69 Å². The van der Waals surface area contributed by atoms with Crippen molar-refractivity contribution in [2.75, 3.05) is 12.8 Å². The van der Waals surface area contributed by atoms with Gasteiger partial charge in [0.15, 0.2) is 0 Å². The lowest BCUT2D eigenvalue weighted by Crippen LogP contribution is -2.24. The third-order valence-electron chi connectivity index (χ3n) is 3.97. The quantitative estimate of drug-likeness (QED) is 0.672. The molecule has 0 fully saturated rings. The van der Waals surface area contributed by atoms with E-state index in [-0.39, 0.29) is 0 Å². The Morgan fingerprint density at radius 3 is 2.04 bits per heavy atom. The van der Waals surface area contributed by atoms with Gasteiger partial charge in [-0.05, 0) is 48.0 Å². The highest BCUT2D eigenvalue weighted by atomic mass is 16.5. The van der Waals surface area contributed by atoms with E-state index in [0.717, 1.165) is 28.4 Å². The van der Waals surface area contributed by atoms with E-state index in [4.69, 9.17) is 10.5 Å². The summed E-state index contributed by atoms with van der Waals surface area (Å²) in [6.07, 6.45) is 3.63. The maximum atomic E-state index is 6.17. The molecule has 3 rings (SSSR count). The van der Waals surface area contributed by atoms with E-state index in [9.17, 15) is 0 Å². The van der Waals surface area contributed by atoms with Crippen molar-refractivity contribution in [3.05, 3.63) is 83.9 Å². The largest absolute Gasteiger partial charge is 0.497 e. The highest BCUT2D eigenvalue weighted by Gasteiger charge is 2.12. The Hall–Kier alpha value is -2.92. The smallest absolute Gasteiger partial charge is 0.119 e. The van der Waals surface area contributed by atoms with Crippen LogP contribution in [-0.2, 0) is 19.6 Å². The molecule has 0 spiro atoms. The van der Waals surface area contributed by atoms with Crippen LogP contribution in [0.15, 0.2) is 67.0 Å². The first kappa shape index (κ1) is 16.9. The minimum absolute atomic E-state index is 0.691. The van der Waals surface area contributed by atoms with Crippen LogP contribution in [0.5, 0.6) is 5.75 Å². The Labute approximate surface area is 148 Å². The summed E-state index contributed by atoms with van der Waals surface area (Å²) in [7, 11) is 1.66. The summed E-state index contributed by atoms with van der Waals surface area (Å²) in [5.41, 5.74) is 9.98. The van der Waals surface area contributed by atoms with Gasteiger partial charge in [0.05, 0.1) is 18.5 Å². The predicted molar refractivity (Wildman–Crippen MR) is 98.8 cm³/mol. The molecule has 0 unspecified atom stereocenters. The van der Waals surface area contributed by atoms with Gasteiger partial charge in [-0.15, -0.1) is 0 Å². The normalized spacial score (nSPS) is 10.8. The van der Waals surface area contributed by atoms with Crippen molar-refractivity contribution in [2.45, 2.75) is 19.6 Å². The van der Waals surface area contributed by atoms with E-state index in [0.29, 0.717) is 19.6 Å². The zero-order valence-corrected chi connectivity index (χ0v) is 14.3. The van der Waals surface area contributed by atoms with Crippen LogP contribution in [0, 0.1) is 0 Å². The van der Waals surface area contributed by atoms with Gasteiger partial charge in [0, 0.05) is 37.7 Å². The summed E-state index contributed by atoms with van der Waals surface area (Å²) in [5.74, 6) is 0.805. The molecule has 2 aromatic heterocycles. The second-order valence-corrected chi connectivity index (χ2v) is 5.85. The molecule has 5 nitrogen and oxygen atoms in total. The van der Waals surface area contributed by atoms with Gasteiger partial charge in [0.2, 0.25) is 0 Å². The average Bonchev–Trinajstić information content (AvgIpc) is 2.65. The highest BCUT2D eigenvalue weighted by molar-refractivity contribution is 5.50. The average molecular weight is 334 g/mol. The van der Waals surface area contributed by atoms with Gasteiger partial charge in [-0.2, -0.15) is 0 Å². The van der Waals surface area contributed by atoms with Gasteiger partial charge in [0.25, 0.3) is 0 Å². The number of aromatic nitrogens is 2. The molecule has 0 aliphatic rings. The summed E-state index contributed by atoms with van der Waals surface area (Å²) in [5, 5.41) is 0. The molecule has 2 heterocycles. The Balaban J connectivity index is 1.82. The molecular weight excluding hydrogens is 312 g/mol. The fourth-order valence-corrected chi connectivity index (χ4v) is 2.70. The second-order valence-electron chi connectivity index (χ2n) is 5.85. The van der Waals surface area contributed by atoms with Gasteiger partial charge in [-0.25, -0.2) is 0 Å². The third kappa shape index (κ3) is 4.78. The number of nitrogens with two attached hydrogens (primary N) is 1. The molecule has 2 N–H and O–H groups in total. The first-order valence-corrected chi connectivity index (χ1v) is 8.19. The summed E-state index contributed by atoms with van der Waals surface area (Å²) in [6.45, 7) is 2.12. The zero-order chi connectivity index (χ0) is 17.5. The highest BCUT2D eigenvalue weighted by Crippen LogP contribution is 2.22. The third-order valence-corrected chi connectivity index (χ3v) is 3.97. The summed E-state index contributed by atoms with van der Waals surface area (Å²) >= 11 is 0. The van der Waals surface area contributed by atoms with Crippen molar-refractivity contribution in [1.82, 2.24) is 14.9 Å². The molecule has 0 atom stereocenters. The number of hydrogen-bond donors (Lipinski definition) is 1. The second kappa shape index (κ2) is 8.26. The monoisotopic (exact) mass is 334 g/mol. The summed E-state index contributed by atoms with van der Waals surface area (Å²) in [4.78, 5) is 11.2. The lowest BCUT2D eigenvalue weighted by Gasteiger charge is -2.23. The van der Waals surface area contributed by atoms with E-state index >= 15 is 0 Å². The molecule has 5 heteroatoms. The van der Waals surface area contributed by atoms with Crippen LogP contribution in [0.1, 0.15) is 17.0 Å². The van der Waals surface area contributed by atoms with Crippen molar-refractivity contribution in [2.24, 2.45) is 0 Å². The molecule has 0 saturated heterocycles. The standard InChI is InChI=1S/C20H22N4O/c1-25-19-8-9-20(21)16(12-19)13-24(14-17-6-2-4-10-22-17)15-18-7-3-5-11-23-18/h2-12H,13-15,21H2,1H3. The Morgan fingerprint density at radius 1 is 0.880 bits per heavy atom. The summed E-state index contributed by atoms with van der Waals surface area (Å²) in [6, 6.07) is 17.6. The van der Waals surface area contributed by atoms with Crippen molar-refractivity contribution in [1.29, 1.82) is 0 Å². The predicted octanol–water partition coefficient (Wildman–Crippen LogP) is 3.27. The molecule has 25 heavy (non-hydrogen) atoms. The molecule has 3 aromatic rings. The minimum Gasteiger partial charge on any atom is -0.497 e. The van der Waals surface area contributed by atoms with E-state index in [1.807, 2.05) is 67.0 Å². The summed E-state index contributed by atoms with van der Waals surface area (Å²) < 4.78 is 5.33. The lowest BCUT2D eigenvalue weighted by molar-refractivity contribution is 0.242. The van der Waals surface area contributed by atoms with Crippen LogP contribution in [-0.4, -0.2) is 22.0 Å². The van der Waals surface area contributed by atoms with Crippen LogP contribution in [0.25, 0.3) is 0 Å². The van der Waals surface area contributed by atoms with E-state index in [1.165, 1.54) is 0 Å². The Kier molecular flexibility index (Phi) is 5.59. The van der Waals surface area contributed by atoms with E-state index < -0.39 is 0 Å². The molecule has 0 aliphatic heterocycles. The number of rotatable bonds is 7. The molecule has 0 bridgehead atoms. The maximum absolute atomic E-state index is 6.17. The fraction of sp³-hybridized carbons (Fsp3) is 0.200. The number of pyridine rings is 2. The van der Waals surface area contributed by atoms with Crippen molar-refractivity contribution in [3.8, 4) is 5.75 Å². The Morgan fingerprint density at radius 2 is 1.52 bits per heavy atom. The number of nitrogens with zero attached hydrogens (tertiary/aromatic N) is 3. The van der Waals surface area contributed by atoms with Crippen LogP contribution >= 0.6 is 0 Å². The van der Waals surface area contributed by atoms with Crippen molar-refractivity contribution < 1.29 is 4.74 Å². The van der Waals surface area contributed by atoms with Gasteiger partial charge in [-0.3, -0.25) is 14.9 Å². The van der Waals surface area contributed by atoms with E-state index in [2.05, 4.69) is 14.9 Å². The molecule has 0 aliphatic carbocycles. The topological polar surface area (TPSA) is 64.3 Å². The number of benzene rings is 1. The number of hydrogen-bond acceptors (Lipinski definition) is 5. The molecule has 0 radical (unpaired) electrons. The molecule has 128 valence electrons. The first-order chi connectivity index (χ1) is 12.2. The molecule has 0 saturated carbocycles. The zero-order valence-electron chi connectivity index (χ0n) is 14.3. The number of nitrogen functional groups attached to an aromatic ring is 1. The van der Waals surface area contributed by atoms with Gasteiger partial charge in [-0.1, -0.05) is 12.1 Å². The Bertz CT molecular complexity index is 752. The molecule has 0 amide bonds. The van der Waals surface area contributed by atoms with E-state index in [1.54, 1.807) is 7.11 Å². The first-order valence-electron chi connectivity index (χ1n) is 8.19. The number of ether oxygens (including phenoxy) is 1. The van der Waals surface area contributed by atoms with Crippen LogP contribution < -0.4 is 10.5 Å². The maximum Gasteiger partial charge on any atom is 0.119 e. The van der Waals surface area contributed by atoms with Gasteiger partial charge < -0.3 is 10.5 Å². The SMILES string of the molecule is COc1ccc(N)c(CN(Cc2ccccn2)Cc2ccccn2)c1. The molecular formula is C20H22N4O.